The molecule has 188 valence electrons. The highest BCUT2D eigenvalue weighted by atomic mass is 35.5. The zero-order valence-corrected chi connectivity index (χ0v) is 21.5. The second-order valence-corrected chi connectivity index (χ2v) is 12.8. The minimum Gasteiger partial charge on any atom is -0.319 e. The van der Waals surface area contributed by atoms with Crippen molar-refractivity contribution in [1.29, 1.82) is 0 Å². The Kier molecular flexibility index (Phi) is 7.67. The van der Waals surface area contributed by atoms with E-state index in [-0.39, 0.29) is 41.6 Å². The zero-order chi connectivity index (χ0) is 26.0. The summed E-state index contributed by atoms with van der Waals surface area (Å²) < 4.78 is 43.3. The second kappa shape index (κ2) is 10.6. The third-order valence-corrected chi connectivity index (χ3v) is 7.95. The topological polar surface area (TPSA) is 80.2 Å². The summed E-state index contributed by atoms with van der Waals surface area (Å²) in [7, 11) is -2.75. The number of hydrogen-bond acceptors (Lipinski definition) is 5. The Morgan fingerprint density at radius 3 is 2.53 bits per heavy atom. The Bertz CT molecular complexity index is 1360. The van der Waals surface area contributed by atoms with Gasteiger partial charge in [-0.25, -0.2) is 13.8 Å². The molecule has 0 saturated carbocycles. The lowest BCUT2D eigenvalue weighted by Gasteiger charge is -2.32. The first-order chi connectivity index (χ1) is 17.1. The van der Waals surface area contributed by atoms with Gasteiger partial charge in [-0.15, -0.1) is 0 Å². The fourth-order valence-corrected chi connectivity index (χ4v) is 5.80. The van der Waals surface area contributed by atoms with E-state index < -0.39 is 30.6 Å². The van der Waals surface area contributed by atoms with Gasteiger partial charge in [-0.1, -0.05) is 35.9 Å². The van der Waals surface area contributed by atoms with Gasteiger partial charge >= 0.3 is 0 Å². The molecule has 0 radical (unpaired) electrons. The fourth-order valence-electron chi connectivity index (χ4n) is 4.48. The van der Waals surface area contributed by atoms with Gasteiger partial charge in [-0.05, 0) is 43.9 Å². The Hall–Kier alpha value is -2.96. The highest BCUT2D eigenvalue weighted by Crippen LogP contribution is 2.40. The van der Waals surface area contributed by atoms with Crippen molar-refractivity contribution in [3.8, 4) is 11.1 Å². The molecule has 1 fully saturated rings. The molecule has 1 aliphatic heterocycles. The molecule has 10 heteroatoms. The van der Waals surface area contributed by atoms with Gasteiger partial charge < -0.3 is 9.46 Å². The average Bonchev–Trinajstić information content (AvgIpc) is 2.83. The smallest absolute Gasteiger partial charge is 0.230 e. The number of nitrogens with zero attached hydrogens (tertiary/aromatic N) is 3. The van der Waals surface area contributed by atoms with E-state index in [0.717, 1.165) is 0 Å². The number of benzene rings is 2. The number of halogens is 3. The molecule has 0 spiro atoms. The molecular weight excluding hydrogens is 507 g/mol. The van der Waals surface area contributed by atoms with Crippen LogP contribution in [0.3, 0.4) is 0 Å². The van der Waals surface area contributed by atoms with E-state index in [9.17, 15) is 14.2 Å². The van der Waals surface area contributed by atoms with Gasteiger partial charge in [0, 0.05) is 29.8 Å². The van der Waals surface area contributed by atoms with E-state index >= 15 is 8.78 Å². The summed E-state index contributed by atoms with van der Waals surface area (Å²) in [6.07, 6.45) is 3.75. The number of ketones is 1. The Balaban J connectivity index is 1.56. The molecule has 0 bridgehead atoms. The van der Waals surface area contributed by atoms with Crippen LogP contribution in [0.4, 0.5) is 14.5 Å². The molecule has 1 amide bonds. The van der Waals surface area contributed by atoms with Gasteiger partial charge in [0.05, 0.1) is 30.2 Å². The molecule has 3 aromatic rings. The van der Waals surface area contributed by atoms with E-state index in [1.807, 2.05) is 0 Å². The maximum absolute atomic E-state index is 15.3. The van der Waals surface area contributed by atoms with E-state index in [1.165, 1.54) is 29.4 Å². The molecule has 1 aliphatic rings. The average molecular weight is 532 g/mol. The van der Waals surface area contributed by atoms with Crippen molar-refractivity contribution in [3.63, 3.8) is 0 Å². The van der Waals surface area contributed by atoms with Crippen LogP contribution in [0.2, 0.25) is 5.15 Å². The molecular formula is C26H25ClF2N3O3P. The van der Waals surface area contributed by atoms with Crippen molar-refractivity contribution in [1.82, 2.24) is 9.97 Å². The largest absolute Gasteiger partial charge is 0.319 e. The molecule has 4 rings (SSSR count). The van der Waals surface area contributed by atoms with Crippen molar-refractivity contribution >= 4 is 41.4 Å². The van der Waals surface area contributed by atoms with E-state index in [1.54, 1.807) is 37.6 Å². The predicted octanol–water partition coefficient (Wildman–Crippen LogP) is 5.27. The van der Waals surface area contributed by atoms with Crippen molar-refractivity contribution in [2.24, 2.45) is 5.92 Å². The third kappa shape index (κ3) is 5.55. The van der Waals surface area contributed by atoms with Crippen LogP contribution in [-0.4, -0.2) is 41.5 Å². The van der Waals surface area contributed by atoms with Crippen molar-refractivity contribution in [3.05, 3.63) is 71.3 Å². The summed E-state index contributed by atoms with van der Waals surface area (Å²) in [4.78, 5) is 34.9. The summed E-state index contributed by atoms with van der Waals surface area (Å²) in [6, 6.07) is 9.40. The maximum atomic E-state index is 15.3. The van der Waals surface area contributed by atoms with Gasteiger partial charge in [-0.3, -0.25) is 14.6 Å². The van der Waals surface area contributed by atoms with Gasteiger partial charge in [0.2, 0.25) is 5.91 Å². The van der Waals surface area contributed by atoms with Crippen molar-refractivity contribution < 1.29 is 22.9 Å². The first-order valence-corrected chi connectivity index (χ1v) is 14.5. The standard InChI is InChI=1S/C26H25ClF2N3O3P/c1-36(2,35)22-8-4-3-7-19(22)20-9-10-21(25(29)24(20)28)32-11-5-6-16(26(32)34)12-18(33)13-17-14-31-23(27)15-30-17/h3-4,7-10,14-16H,5-6,11-13H2,1-2H3/t16-/m0/s1. The van der Waals surface area contributed by atoms with Gasteiger partial charge in [0.1, 0.15) is 18.1 Å². The van der Waals surface area contributed by atoms with Gasteiger partial charge in [-0.2, -0.15) is 0 Å². The molecule has 0 unspecified atom stereocenters. The number of carbonyl (C=O) groups is 2. The summed E-state index contributed by atoms with van der Waals surface area (Å²) in [6.45, 7) is 3.36. The molecule has 1 aromatic heterocycles. The molecule has 2 heterocycles. The number of Topliss-reactive ketones (excluding diaryl/α,β-unsaturated/α-hetero) is 1. The summed E-state index contributed by atoms with van der Waals surface area (Å²) in [5.74, 6) is -3.52. The lowest BCUT2D eigenvalue weighted by Crippen LogP contribution is -2.42. The number of anilines is 1. The summed E-state index contributed by atoms with van der Waals surface area (Å²) >= 11 is 5.71. The van der Waals surface area contributed by atoms with Crippen LogP contribution < -0.4 is 10.2 Å². The highest BCUT2D eigenvalue weighted by molar-refractivity contribution is 7.70. The number of piperidine rings is 1. The number of amides is 1. The van der Waals surface area contributed by atoms with Crippen LogP contribution in [0.1, 0.15) is 25.0 Å². The predicted molar refractivity (Wildman–Crippen MR) is 136 cm³/mol. The fraction of sp³-hybridized carbons (Fsp3) is 0.308. The minimum atomic E-state index is -2.75. The molecule has 1 saturated heterocycles. The second-order valence-electron chi connectivity index (χ2n) is 9.21. The number of aromatic nitrogens is 2. The molecule has 6 nitrogen and oxygen atoms in total. The minimum absolute atomic E-state index is 0.00373. The molecule has 36 heavy (non-hydrogen) atoms. The van der Waals surface area contributed by atoms with Crippen LogP contribution in [-0.2, 0) is 20.6 Å². The lowest BCUT2D eigenvalue weighted by molar-refractivity contribution is -0.128. The van der Waals surface area contributed by atoms with Crippen LogP contribution in [0.25, 0.3) is 11.1 Å². The number of hydrogen-bond donors (Lipinski definition) is 0. The zero-order valence-electron chi connectivity index (χ0n) is 19.9. The van der Waals surface area contributed by atoms with Crippen LogP contribution >= 0.6 is 18.7 Å². The normalized spacial score (nSPS) is 16.3. The SMILES string of the molecule is CP(C)(=O)c1ccccc1-c1ccc(N2CCC[C@@H](CC(=O)Cc3cnc(Cl)cn3)C2=O)c(F)c1F. The third-order valence-electron chi connectivity index (χ3n) is 6.20. The van der Waals surface area contributed by atoms with Crippen LogP contribution in [0.5, 0.6) is 0 Å². The van der Waals surface area contributed by atoms with Crippen molar-refractivity contribution in [2.75, 3.05) is 24.8 Å². The molecule has 0 aliphatic carbocycles. The maximum Gasteiger partial charge on any atom is 0.230 e. The van der Waals surface area contributed by atoms with E-state index in [2.05, 4.69) is 9.97 Å². The van der Waals surface area contributed by atoms with Gasteiger partial charge in [0.15, 0.2) is 11.6 Å². The Morgan fingerprint density at radius 1 is 1.08 bits per heavy atom. The number of carbonyl (C=O) groups excluding carboxylic acids is 2. The van der Waals surface area contributed by atoms with Crippen LogP contribution in [0, 0.1) is 17.6 Å². The van der Waals surface area contributed by atoms with Gasteiger partial charge in [0.25, 0.3) is 0 Å². The number of rotatable bonds is 7. The Morgan fingerprint density at radius 2 is 1.83 bits per heavy atom. The summed E-state index contributed by atoms with van der Waals surface area (Å²) in [5.41, 5.74) is 0.608. The molecule has 2 aromatic carbocycles. The van der Waals surface area contributed by atoms with E-state index in [4.69, 9.17) is 11.6 Å². The summed E-state index contributed by atoms with van der Waals surface area (Å²) in [5, 5.41) is 0.667. The Labute approximate surface area is 213 Å². The monoisotopic (exact) mass is 531 g/mol. The molecule has 0 N–H and O–H groups in total. The van der Waals surface area contributed by atoms with E-state index in [0.29, 0.717) is 29.4 Å². The lowest BCUT2D eigenvalue weighted by atomic mass is 9.90. The highest BCUT2D eigenvalue weighted by Gasteiger charge is 2.33. The van der Waals surface area contributed by atoms with Crippen molar-refractivity contribution in [2.45, 2.75) is 25.7 Å². The first kappa shape index (κ1) is 26.1. The van der Waals surface area contributed by atoms with Crippen LogP contribution in [0.15, 0.2) is 48.8 Å². The molecule has 1 atom stereocenters. The first-order valence-electron chi connectivity index (χ1n) is 11.5. The quantitative estimate of drug-likeness (QED) is 0.388.